The highest BCUT2D eigenvalue weighted by Crippen LogP contribution is 2.41. The molecule has 3 heteroatoms. The number of rotatable bonds is 1. The summed E-state index contributed by atoms with van der Waals surface area (Å²) in [5.41, 5.74) is 4.04. The molecule has 1 aliphatic heterocycles. The van der Waals surface area contributed by atoms with Gasteiger partial charge in [-0.1, -0.05) is 0 Å². The summed E-state index contributed by atoms with van der Waals surface area (Å²) >= 11 is 0. The van der Waals surface area contributed by atoms with Crippen LogP contribution in [0.2, 0.25) is 0 Å². The third-order valence-corrected chi connectivity index (χ3v) is 3.04. The first-order valence-electron chi connectivity index (χ1n) is 5.41. The molecule has 2 aliphatic rings. The van der Waals surface area contributed by atoms with E-state index in [-0.39, 0.29) is 0 Å². The van der Waals surface area contributed by atoms with E-state index in [2.05, 4.69) is 15.3 Å². The van der Waals surface area contributed by atoms with Crippen molar-refractivity contribution in [2.75, 3.05) is 6.54 Å². The molecule has 0 atom stereocenters. The molecule has 2 heterocycles. The molecule has 3 nitrogen and oxygen atoms in total. The molecule has 74 valence electrons. The average molecular weight is 189 g/mol. The molecular formula is C11H15N3. The van der Waals surface area contributed by atoms with Gasteiger partial charge in [0.15, 0.2) is 0 Å². The van der Waals surface area contributed by atoms with Gasteiger partial charge in [-0.05, 0) is 38.3 Å². The Morgan fingerprint density at radius 3 is 2.93 bits per heavy atom. The van der Waals surface area contributed by atoms with Crippen molar-refractivity contribution >= 4 is 0 Å². The van der Waals surface area contributed by atoms with Gasteiger partial charge in [0.1, 0.15) is 5.82 Å². The summed E-state index contributed by atoms with van der Waals surface area (Å²) in [6.45, 7) is 4.01. The number of aromatic nitrogens is 2. The Hall–Kier alpha value is -0.960. The second kappa shape index (κ2) is 3.02. The standard InChI is InChI=1S/C11H15N3/c1-7-13-10-6-12-5-4-9(10)11(14-7)8-2-3-8/h8,12H,2-6H2,1H3. The lowest BCUT2D eigenvalue weighted by Gasteiger charge is -2.19. The van der Waals surface area contributed by atoms with E-state index in [0.717, 1.165) is 31.3 Å². The number of hydrogen-bond acceptors (Lipinski definition) is 3. The minimum absolute atomic E-state index is 0.753. The van der Waals surface area contributed by atoms with Gasteiger partial charge in [-0.2, -0.15) is 0 Å². The van der Waals surface area contributed by atoms with Crippen LogP contribution in [0.4, 0.5) is 0 Å². The van der Waals surface area contributed by atoms with Crippen LogP contribution >= 0.6 is 0 Å². The van der Waals surface area contributed by atoms with E-state index in [0.29, 0.717) is 0 Å². The second-order valence-electron chi connectivity index (χ2n) is 4.28. The minimum Gasteiger partial charge on any atom is -0.311 e. The smallest absolute Gasteiger partial charge is 0.125 e. The lowest BCUT2D eigenvalue weighted by atomic mass is 10.0. The topological polar surface area (TPSA) is 37.8 Å². The zero-order valence-electron chi connectivity index (χ0n) is 8.51. The van der Waals surface area contributed by atoms with Gasteiger partial charge in [0.25, 0.3) is 0 Å². The van der Waals surface area contributed by atoms with Crippen LogP contribution in [0.25, 0.3) is 0 Å². The largest absolute Gasteiger partial charge is 0.311 e. The lowest BCUT2D eigenvalue weighted by Crippen LogP contribution is -2.26. The fourth-order valence-corrected chi connectivity index (χ4v) is 2.21. The Kier molecular flexibility index (Phi) is 1.80. The second-order valence-corrected chi connectivity index (χ2v) is 4.28. The normalized spacial score (nSPS) is 20.6. The van der Waals surface area contributed by atoms with Gasteiger partial charge in [-0.25, -0.2) is 9.97 Å². The van der Waals surface area contributed by atoms with Crippen molar-refractivity contribution in [1.29, 1.82) is 0 Å². The molecule has 1 saturated carbocycles. The van der Waals surface area contributed by atoms with E-state index in [9.17, 15) is 0 Å². The number of hydrogen-bond donors (Lipinski definition) is 1. The van der Waals surface area contributed by atoms with Crippen molar-refractivity contribution in [3.63, 3.8) is 0 Å². The quantitative estimate of drug-likeness (QED) is 0.723. The van der Waals surface area contributed by atoms with Gasteiger partial charge >= 0.3 is 0 Å². The number of aryl methyl sites for hydroxylation is 1. The summed E-state index contributed by atoms with van der Waals surface area (Å²) in [6, 6.07) is 0. The highest BCUT2D eigenvalue weighted by atomic mass is 15.0. The van der Waals surface area contributed by atoms with Crippen LogP contribution in [0.1, 0.15) is 41.5 Å². The van der Waals surface area contributed by atoms with Crippen LogP contribution < -0.4 is 5.32 Å². The summed E-state index contributed by atoms with van der Waals surface area (Å²) in [4.78, 5) is 9.12. The van der Waals surface area contributed by atoms with Crippen molar-refractivity contribution in [3.05, 3.63) is 22.8 Å². The Labute approximate surface area is 84.0 Å². The predicted molar refractivity (Wildman–Crippen MR) is 54.2 cm³/mol. The Bertz CT molecular complexity index is 369. The van der Waals surface area contributed by atoms with Gasteiger partial charge in [0, 0.05) is 12.5 Å². The van der Waals surface area contributed by atoms with Gasteiger partial charge in [-0.15, -0.1) is 0 Å². The fraction of sp³-hybridized carbons (Fsp3) is 0.636. The summed E-state index contributed by atoms with van der Waals surface area (Å²) in [7, 11) is 0. The number of nitrogens with zero attached hydrogens (tertiary/aromatic N) is 2. The molecule has 3 rings (SSSR count). The lowest BCUT2D eigenvalue weighted by molar-refractivity contribution is 0.611. The highest BCUT2D eigenvalue weighted by Gasteiger charge is 2.30. The van der Waals surface area contributed by atoms with Crippen molar-refractivity contribution in [2.24, 2.45) is 0 Å². The molecule has 0 aromatic carbocycles. The molecule has 1 fully saturated rings. The summed E-state index contributed by atoms with van der Waals surface area (Å²) < 4.78 is 0. The maximum absolute atomic E-state index is 4.61. The molecule has 14 heavy (non-hydrogen) atoms. The van der Waals surface area contributed by atoms with Crippen LogP contribution in [0, 0.1) is 6.92 Å². The van der Waals surface area contributed by atoms with E-state index < -0.39 is 0 Å². The summed E-state index contributed by atoms with van der Waals surface area (Å²) in [5.74, 6) is 1.69. The van der Waals surface area contributed by atoms with E-state index in [1.807, 2.05) is 6.92 Å². The molecule has 1 aromatic heterocycles. The Balaban J connectivity index is 2.12. The first kappa shape index (κ1) is 8.36. The zero-order valence-corrected chi connectivity index (χ0v) is 8.51. The minimum atomic E-state index is 0.753. The molecule has 0 bridgehead atoms. The van der Waals surface area contributed by atoms with Crippen LogP contribution in [-0.2, 0) is 13.0 Å². The van der Waals surface area contributed by atoms with Crippen molar-refractivity contribution in [2.45, 2.75) is 38.6 Å². The third-order valence-electron chi connectivity index (χ3n) is 3.04. The molecule has 0 unspecified atom stereocenters. The number of fused-ring (bicyclic) bond motifs is 1. The van der Waals surface area contributed by atoms with Crippen LogP contribution in [0.5, 0.6) is 0 Å². The van der Waals surface area contributed by atoms with Crippen LogP contribution in [0.3, 0.4) is 0 Å². The predicted octanol–water partition coefficient (Wildman–Crippen LogP) is 1.31. The molecule has 0 radical (unpaired) electrons. The molecular weight excluding hydrogens is 174 g/mol. The summed E-state index contributed by atoms with van der Waals surface area (Å²) in [6.07, 6.45) is 3.77. The van der Waals surface area contributed by atoms with Gasteiger partial charge in [-0.3, -0.25) is 0 Å². The first-order valence-corrected chi connectivity index (χ1v) is 5.41. The maximum Gasteiger partial charge on any atom is 0.125 e. The Morgan fingerprint density at radius 2 is 2.14 bits per heavy atom. The molecule has 0 saturated heterocycles. The third kappa shape index (κ3) is 1.32. The van der Waals surface area contributed by atoms with Crippen LogP contribution in [-0.4, -0.2) is 16.5 Å². The zero-order chi connectivity index (χ0) is 9.54. The van der Waals surface area contributed by atoms with Gasteiger partial charge in [0.2, 0.25) is 0 Å². The van der Waals surface area contributed by atoms with E-state index in [1.165, 1.54) is 29.8 Å². The van der Waals surface area contributed by atoms with Crippen molar-refractivity contribution < 1.29 is 0 Å². The number of nitrogens with one attached hydrogen (secondary N) is 1. The molecule has 1 aliphatic carbocycles. The molecule has 0 spiro atoms. The first-order chi connectivity index (χ1) is 6.84. The van der Waals surface area contributed by atoms with Crippen molar-refractivity contribution in [1.82, 2.24) is 15.3 Å². The van der Waals surface area contributed by atoms with Crippen molar-refractivity contribution in [3.8, 4) is 0 Å². The monoisotopic (exact) mass is 189 g/mol. The van der Waals surface area contributed by atoms with E-state index >= 15 is 0 Å². The van der Waals surface area contributed by atoms with Crippen LogP contribution in [0.15, 0.2) is 0 Å². The molecule has 1 N–H and O–H groups in total. The van der Waals surface area contributed by atoms with Gasteiger partial charge < -0.3 is 5.32 Å². The van der Waals surface area contributed by atoms with E-state index in [4.69, 9.17) is 0 Å². The Morgan fingerprint density at radius 1 is 1.29 bits per heavy atom. The average Bonchev–Trinajstić information content (AvgIpc) is 2.99. The highest BCUT2D eigenvalue weighted by molar-refractivity contribution is 5.32. The maximum atomic E-state index is 4.61. The molecule has 1 aromatic rings. The fourth-order valence-electron chi connectivity index (χ4n) is 2.21. The van der Waals surface area contributed by atoms with Gasteiger partial charge in [0.05, 0.1) is 11.4 Å². The van der Waals surface area contributed by atoms with E-state index in [1.54, 1.807) is 0 Å². The SMILES string of the molecule is Cc1nc2c(c(C3CC3)n1)CCNC2. The molecule has 0 amide bonds. The summed E-state index contributed by atoms with van der Waals surface area (Å²) in [5, 5.41) is 3.36.